The Labute approximate surface area is 129 Å². The second kappa shape index (κ2) is 6.15. The Morgan fingerprint density at radius 3 is 2.38 bits per heavy atom. The van der Waals surface area contributed by atoms with E-state index in [1.165, 1.54) is 28.1 Å². The lowest BCUT2D eigenvalue weighted by molar-refractivity contribution is -0.110. The van der Waals surface area contributed by atoms with Crippen molar-refractivity contribution in [3.63, 3.8) is 0 Å². The van der Waals surface area contributed by atoms with Crippen LogP contribution in [0.15, 0.2) is 71.6 Å². The first-order valence-electron chi connectivity index (χ1n) is 6.96. The molecule has 0 aromatic heterocycles. The molecule has 3 rings (SSSR count). The van der Waals surface area contributed by atoms with Crippen molar-refractivity contribution in [1.82, 2.24) is 0 Å². The van der Waals surface area contributed by atoms with Crippen molar-refractivity contribution >= 4 is 27.6 Å². The number of hydrogen-bond acceptors (Lipinski definition) is 2. The monoisotopic (exact) mass is 292 g/mol. The fourth-order valence-electron chi connectivity index (χ4n) is 2.29. The maximum Gasteiger partial charge on any atom is 0.198 e. The van der Waals surface area contributed by atoms with Crippen LogP contribution < -0.4 is 0 Å². The molecule has 3 aromatic carbocycles. The van der Waals surface area contributed by atoms with Gasteiger partial charge in [-0.2, -0.15) is 0 Å². The highest BCUT2D eigenvalue weighted by molar-refractivity contribution is 8.13. The van der Waals surface area contributed by atoms with Gasteiger partial charge < -0.3 is 0 Å². The van der Waals surface area contributed by atoms with Gasteiger partial charge in [-0.1, -0.05) is 71.9 Å². The number of carbonyl (C=O) groups excluding carboxylic acids is 1. The van der Waals surface area contributed by atoms with Crippen LogP contribution in [0.25, 0.3) is 10.8 Å². The highest BCUT2D eigenvalue weighted by Crippen LogP contribution is 2.22. The molecule has 21 heavy (non-hydrogen) atoms. The van der Waals surface area contributed by atoms with E-state index in [0.717, 1.165) is 10.5 Å². The average Bonchev–Trinajstić information content (AvgIpc) is 2.49. The van der Waals surface area contributed by atoms with Gasteiger partial charge in [-0.3, -0.25) is 4.79 Å². The molecule has 0 aliphatic rings. The SMILES string of the molecule is Cc1ccc(SC(=O)Cc2ccc3ccccc3c2)cc1. The van der Waals surface area contributed by atoms with Crippen molar-refractivity contribution in [3.8, 4) is 0 Å². The van der Waals surface area contributed by atoms with Crippen molar-refractivity contribution in [2.24, 2.45) is 0 Å². The van der Waals surface area contributed by atoms with Crippen molar-refractivity contribution in [1.29, 1.82) is 0 Å². The van der Waals surface area contributed by atoms with Crippen LogP contribution in [0.3, 0.4) is 0 Å². The smallest absolute Gasteiger partial charge is 0.198 e. The predicted octanol–water partition coefficient (Wildman–Crippen LogP) is 5.01. The van der Waals surface area contributed by atoms with E-state index >= 15 is 0 Å². The van der Waals surface area contributed by atoms with Gasteiger partial charge in [0, 0.05) is 11.3 Å². The molecule has 0 unspecified atom stereocenters. The first-order valence-corrected chi connectivity index (χ1v) is 7.77. The molecule has 104 valence electrons. The van der Waals surface area contributed by atoms with E-state index in [9.17, 15) is 4.79 Å². The topological polar surface area (TPSA) is 17.1 Å². The number of fused-ring (bicyclic) bond motifs is 1. The summed E-state index contributed by atoms with van der Waals surface area (Å²) in [5, 5.41) is 2.57. The molecular formula is C19H16OS. The minimum atomic E-state index is 0.175. The standard InChI is InChI=1S/C19H16OS/c1-14-6-10-18(11-7-14)21-19(20)13-15-8-9-16-4-2-3-5-17(16)12-15/h2-12H,13H2,1H3. The van der Waals surface area contributed by atoms with Gasteiger partial charge in [-0.25, -0.2) is 0 Å². The summed E-state index contributed by atoms with van der Waals surface area (Å²) in [6.45, 7) is 2.05. The van der Waals surface area contributed by atoms with E-state index in [1.807, 2.05) is 49.4 Å². The Morgan fingerprint density at radius 2 is 1.62 bits per heavy atom. The quantitative estimate of drug-likeness (QED) is 0.631. The van der Waals surface area contributed by atoms with E-state index in [4.69, 9.17) is 0 Å². The van der Waals surface area contributed by atoms with Gasteiger partial charge in [0.15, 0.2) is 5.12 Å². The molecule has 0 saturated heterocycles. The zero-order valence-electron chi connectivity index (χ0n) is 11.9. The minimum Gasteiger partial charge on any atom is -0.286 e. The number of thioether (sulfide) groups is 1. The predicted molar refractivity (Wildman–Crippen MR) is 89.7 cm³/mol. The molecule has 1 nitrogen and oxygen atoms in total. The molecule has 0 fully saturated rings. The fourth-order valence-corrected chi connectivity index (χ4v) is 3.06. The molecule has 0 aliphatic heterocycles. The number of carbonyl (C=O) groups is 1. The Morgan fingerprint density at radius 1 is 0.905 bits per heavy atom. The third-order valence-corrected chi connectivity index (χ3v) is 4.29. The van der Waals surface area contributed by atoms with Gasteiger partial charge >= 0.3 is 0 Å². The molecule has 0 amide bonds. The molecule has 0 spiro atoms. The maximum absolute atomic E-state index is 12.2. The van der Waals surface area contributed by atoms with Crippen molar-refractivity contribution in [2.45, 2.75) is 18.2 Å². The molecule has 0 atom stereocenters. The lowest BCUT2D eigenvalue weighted by Gasteiger charge is -2.04. The molecule has 0 bridgehead atoms. The van der Waals surface area contributed by atoms with Crippen LogP contribution in [0, 0.1) is 6.92 Å². The van der Waals surface area contributed by atoms with Gasteiger partial charge in [-0.15, -0.1) is 0 Å². The number of hydrogen-bond donors (Lipinski definition) is 0. The lowest BCUT2D eigenvalue weighted by Crippen LogP contribution is -1.97. The summed E-state index contributed by atoms with van der Waals surface area (Å²) in [6.07, 6.45) is 0.462. The maximum atomic E-state index is 12.2. The lowest BCUT2D eigenvalue weighted by atomic mass is 10.1. The third kappa shape index (κ3) is 3.53. The normalized spacial score (nSPS) is 10.7. The molecule has 2 heteroatoms. The Kier molecular flexibility index (Phi) is 4.07. The van der Waals surface area contributed by atoms with Crippen LogP contribution in [0.1, 0.15) is 11.1 Å². The zero-order chi connectivity index (χ0) is 14.7. The second-order valence-electron chi connectivity index (χ2n) is 5.15. The summed E-state index contributed by atoms with van der Waals surface area (Å²) < 4.78 is 0. The first-order chi connectivity index (χ1) is 10.2. The minimum absolute atomic E-state index is 0.175. The Balaban J connectivity index is 1.72. The Hall–Kier alpha value is -2.06. The molecule has 0 saturated carbocycles. The van der Waals surface area contributed by atoms with Crippen LogP contribution in [0.2, 0.25) is 0 Å². The van der Waals surface area contributed by atoms with E-state index in [0.29, 0.717) is 6.42 Å². The van der Waals surface area contributed by atoms with Gasteiger partial charge in [0.2, 0.25) is 0 Å². The van der Waals surface area contributed by atoms with Crippen molar-refractivity contribution in [3.05, 3.63) is 77.9 Å². The summed E-state index contributed by atoms with van der Waals surface area (Å²) in [6, 6.07) is 22.5. The van der Waals surface area contributed by atoms with E-state index in [-0.39, 0.29) is 5.12 Å². The van der Waals surface area contributed by atoms with Crippen LogP contribution >= 0.6 is 11.8 Å². The van der Waals surface area contributed by atoms with Gasteiger partial charge in [0.05, 0.1) is 0 Å². The molecule has 0 N–H and O–H groups in total. The molecule has 3 aromatic rings. The van der Waals surface area contributed by atoms with E-state index < -0.39 is 0 Å². The average molecular weight is 292 g/mol. The Bertz CT molecular complexity index is 775. The molecule has 0 radical (unpaired) electrons. The van der Waals surface area contributed by atoms with Crippen LogP contribution in [0.5, 0.6) is 0 Å². The van der Waals surface area contributed by atoms with Crippen LogP contribution in [0.4, 0.5) is 0 Å². The first kappa shape index (κ1) is 13.9. The van der Waals surface area contributed by atoms with Gasteiger partial charge in [0.1, 0.15) is 0 Å². The second-order valence-corrected chi connectivity index (χ2v) is 6.28. The summed E-state index contributed by atoms with van der Waals surface area (Å²) >= 11 is 1.31. The van der Waals surface area contributed by atoms with Crippen LogP contribution in [-0.4, -0.2) is 5.12 Å². The van der Waals surface area contributed by atoms with Gasteiger partial charge in [0.25, 0.3) is 0 Å². The molecule has 0 heterocycles. The summed E-state index contributed by atoms with van der Waals surface area (Å²) in [4.78, 5) is 13.2. The van der Waals surface area contributed by atoms with E-state index in [1.54, 1.807) is 0 Å². The van der Waals surface area contributed by atoms with Crippen molar-refractivity contribution in [2.75, 3.05) is 0 Å². The summed E-state index contributed by atoms with van der Waals surface area (Å²) in [7, 11) is 0. The number of benzene rings is 3. The van der Waals surface area contributed by atoms with Crippen molar-refractivity contribution < 1.29 is 4.79 Å². The zero-order valence-corrected chi connectivity index (χ0v) is 12.7. The number of rotatable bonds is 3. The largest absolute Gasteiger partial charge is 0.286 e. The molecular weight excluding hydrogens is 276 g/mol. The summed E-state index contributed by atoms with van der Waals surface area (Å²) in [5.41, 5.74) is 2.28. The highest BCUT2D eigenvalue weighted by Gasteiger charge is 2.07. The highest BCUT2D eigenvalue weighted by atomic mass is 32.2. The molecule has 0 aliphatic carbocycles. The number of aryl methyl sites for hydroxylation is 1. The summed E-state index contributed by atoms with van der Waals surface area (Å²) in [5.74, 6) is 0. The van der Waals surface area contributed by atoms with E-state index in [2.05, 4.69) is 24.3 Å². The van der Waals surface area contributed by atoms with Crippen LogP contribution in [-0.2, 0) is 11.2 Å². The fraction of sp³-hybridized carbons (Fsp3) is 0.105. The third-order valence-electron chi connectivity index (χ3n) is 3.42. The van der Waals surface area contributed by atoms with Gasteiger partial charge in [-0.05, 0) is 35.4 Å².